The van der Waals surface area contributed by atoms with Crippen LogP contribution in [0.1, 0.15) is 17.2 Å². The highest BCUT2D eigenvalue weighted by Crippen LogP contribution is 2.28. The molecule has 0 fully saturated rings. The molecule has 2 aromatic carbocycles. The van der Waals surface area contributed by atoms with Gasteiger partial charge < -0.3 is 5.73 Å². The second-order valence-electron chi connectivity index (χ2n) is 3.91. The minimum absolute atomic E-state index is 0.0996. The van der Waals surface area contributed by atoms with Gasteiger partial charge in [0.1, 0.15) is 11.6 Å². The molecule has 0 saturated carbocycles. The second kappa shape index (κ2) is 5.19. The highest BCUT2D eigenvalue weighted by atomic mass is 35.5. The average molecular weight is 290 g/mol. The minimum atomic E-state index is -1.33. The van der Waals surface area contributed by atoms with Crippen LogP contribution in [-0.2, 0) is 0 Å². The molecule has 100 valence electrons. The van der Waals surface area contributed by atoms with E-state index in [1.165, 1.54) is 18.2 Å². The molecule has 0 bridgehead atoms. The van der Waals surface area contributed by atoms with Gasteiger partial charge in [0.15, 0.2) is 11.6 Å². The van der Waals surface area contributed by atoms with Crippen molar-refractivity contribution >= 4 is 11.6 Å². The van der Waals surface area contributed by atoms with Gasteiger partial charge in [-0.1, -0.05) is 23.7 Å². The Balaban J connectivity index is 2.53. The molecule has 0 aliphatic rings. The Morgan fingerprint density at radius 2 is 1.53 bits per heavy atom. The van der Waals surface area contributed by atoms with Crippen LogP contribution < -0.4 is 5.73 Å². The van der Waals surface area contributed by atoms with Crippen LogP contribution in [0.15, 0.2) is 30.3 Å². The summed E-state index contributed by atoms with van der Waals surface area (Å²) >= 11 is 5.58. The summed E-state index contributed by atoms with van der Waals surface area (Å²) in [5, 5.41) is -0.184. The predicted molar refractivity (Wildman–Crippen MR) is 63.8 cm³/mol. The lowest BCUT2D eigenvalue weighted by molar-refractivity contribution is 0.486. The van der Waals surface area contributed by atoms with Crippen LogP contribution in [0.5, 0.6) is 0 Å². The summed E-state index contributed by atoms with van der Waals surface area (Å²) in [6.07, 6.45) is 0. The number of rotatable bonds is 2. The van der Waals surface area contributed by atoms with Crippen molar-refractivity contribution in [3.05, 3.63) is 69.8 Å². The third kappa shape index (κ3) is 2.57. The van der Waals surface area contributed by atoms with E-state index in [1.54, 1.807) is 0 Å². The van der Waals surface area contributed by atoms with Crippen molar-refractivity contribution in [3.8, 4) is 0 Å². The largest absolute Gasteiger partial charge is 0.320 e. The van der Waals surface area contributed by atoms with Crippen LogP contribution in [0.4, 0.5) is 17.6 Å². The molecule has 0 aliphatic carbocycles. The van der Waals surface area contributed by atoms with Crippen LogP contribution in [0.25, 0.3) is 0 Å². The topological polar surface area (TPSA) is 26.0 Å². The third-order valence-corrected chi connectivity index (χ3v) is 2.98. The molecular formula is C13H8ClF4N. The lowest BCUT2D eigenvalue weighted by atomic mass is 9.98. The standard InChI is InChI=1S/C13H8ClF4N/c14-8-3-1-2-6(12(8)18)13(19)7-4-10(16)11(17)5-9(7)15/h1-5,13H,19H2. The third-order valence-electron chi connectivity index (χ3n) is 2.69. The second-order valence-corrected chi connectivity index (χ2v) is 4.32. The zero-order valence-corrected chi connectivity index (χ0v) is 10.2. The van der Waals surface area contributed by atoms with E-state index in [2.05, 4.69) is 0 Å². The van der Waals surface area contributed by atoms with Crippen molar-refractivity contribution < 1.29 is 17.6 Å². The van der Waals surface area contributed by atoms with Crippen molar-refractivity contribution in [2.45, 2.75) is 6.04 Å². The van der Waals surface area contributed by atoms with Crippen molar-refractivity contribution in [1.29, 1.82) is 0 Å². The first-order valence-electron chi connectivity index (χ1n) is 5.25. The molecule has 1 unspecified atom stereocenters. The fraction of sp³-hybridized carbons (Fsp3) is 0.0769. The van der Waals surface area contributed by atoms with Gasteiger partial charge in [-0.25, -0.2) is 17.6 Å². The number of halogens is 5. The van der Waals surface area contributed by atoms with Crippen molar-refractivity contribution in [3.63, 3.8) is 0 Å². The lowest BCUT2D eigenvalue weighted by Crippen LogP contribution is -2.16. The Kier molecular flexibility index (Phi) is 3.78. The predicted octanol–water partition coefficient (Wildman–Crippen LogP) is 3.94. The summed E-state index contributed by atoms with van der Waals surface area (Å²) in [5.41, 5.74) is 5.23. The summed E-state index contributed by atoms with van der Waals surface area (Å²) in [4.78, 5) is 0. The molecule has 0 radical (unpaired) electrons. The van der Waals surface area contributed by atoms with E-state index in [9.17, 15) is 17.6 Å². The van der Waals surface area contributed by atoms with E-state index in [4.69, 9.17) is 17.3 Å². The molecule has 0 saturated heterocycles. The number of hydrogen-bond acceptors (Lipinski definition) is 1. The Labute approximate surface area is 111 Å². The van der Waals surface area contributed by atoms with E-state index in [-0.39, 0.29) is 16.1 Å². The molecule has 0 amide bonds. The molecule has 2 rings (SSSR count). The van der Waals surface area contributed by atoms with Crippen molar-refractivity contribution in [2.75, 3.05) is 0 Å². The quantitative estimate of drug-likeness (QED) is 0.657. The first kappa shape index (κ1) is 13.8. The van der Waals surface area contributed by atoms with E-state index < -0.39 is 29.3 Å². The number of nitrogens with two attached hydrogens (primary N) is 1. The molecule has 0 heterocycles. The van der Waals surface area contributed by atoms with E-state index in [0.29, 0.717) is 12.1 Å². The van der Waals surface area contributed by atoms with E-state index in [0.717, 1.165) is 0 Å². The van der Waals surface area contributed by atoms with E-state index >= 15 is 0 Å². The van der Waals surface area contributed by atoms with Gasteiger partial charge >= 0.3 is 0 Å². The Hall–Kier alpha value is -1.59. The highest BCUT2D eigenvalue weighted by Gasteiger charge is 2.20. The normalized spacial score (nSPS) is 12.5. The van der Waals surface area contributed by atoms with Gasteiger partial charge in [-0.05, 0) is 12.1 Å². The lowest BCUT2D eigenvalue weighted by Gasteiger charge is -2.15. The fourth-order valence-corrected chi connectivity index (χ4v) is 1.89. The van der Waals surface area contributed by atoms with Gasteiger partial charge in [0.25, 0.3) is 0 Å². The number of benzene rings is 2. The summed E-state index contributed by atoms with van der Waals surface area (Å²) < 4.78 is 53.2. The zero-order valence-electron chi connectivity index (χ0n) is 9.43. The van der Waals surface area contributed by atoms with Gasteiger partial charge in [0, 0.05) is 17.2 Å². The van der Waals surface area contributed by atoms with Crippen molar-refractivity contribution in [2.24, 2.45) is 5.73 Å². The summed E-state index contributed by atoms with van der Waals surface area (Å²) in [6, 6.07) is 3.72. The van der Waals surface area contributed by atoms with Crippen LogP contribution in [-0.4, -0.2) is 0 Å². The van der Waals surface area contributed by atoms with Crippen LogP contribution in [0.2, 0.25) is 5.02 Å². The molecule has 1 nitrogen and oxygen atoms in total. The molecular weight excluding hydrogens is 282 g/mol. The van der Waals surface area contributed by atoms with Gasteiger partial charge in [-0.15, -0.1) is 0 Å². The maximum absolute atomic E-state index is 13.7. The van der Waals surface area contributed by atoms with Gasteiger partial charge in [-0.3, -0.25) is 0 Å². The molecule has 0 aliphatic heterocycles. The van der Waals surface area contributed by atoms with Gasteiger partial charge in [-0.2, -0.15) is 0 Å². The van der Waals surface area contributed by atoms with Crippen LogP contribution in [0, 0.1) is 23.3 Å². The van der Waals surface area contributed by atoms with Crippen LogP contribution in [0.3, 0.4) is 0 Å². The average Bonchev–Trinajstić information content (AvgIpc) is 2.36. The summed E-state index contributed by atoms with van der Waals surface area (Å²) in [6.45, 7) is 0. The molecule has 2 aromatic rings. The highest BCUT2D eigenvalue weighted by molar-refractivity contribution is 6.30. The first-order valence-corrected chi connectivity index (χ1v) is 5.63. The Morgan fingerprint density at radius 1 is 0.895 bits per heavy atom. The SMILES string of the molecule is NC(c1cc(F)c(F)cc1F)c1cccc(Cl)c1F. The molecule has 1 atom stereocenters. The van der Waals surface area contributed by atoms with E-state index in [1.807, 2.05) is 0 Å². The Bertz CT molecular complexity index is 630. The van der Waals surface area contributed by atoms with Gasteiger partial charge in [0.05, 0.1) is 11.1 Å². The first-order chi connectivity index (χ1) is 8.91. The molecule has 0 aromatic heterocycles. The maximum atomic E-state index is 13.7. The number of hydrogen-bond donors (Lipinski definition) is 1. The maximum Gasteiger partial charge on any atom is 0.161 e. The molecule has 2 N–H and O–H groups in total. The Morgan fingerprint density at radius 3 is 2.21 bits per heavy atom. The molecule has 0 spiro atoms. The van der Waals surface area contributed by atoms with Crippen molar-refractivity contribution in [1.82, 2.24) is 0 Å². The smallest absolute Gasteiger partial charge is 0.161 e. The molecule has 6 heteroatoms. The summed E-state index contributed by atoms with van der Waals surface area (Å²) in [5.74, 6) is -4.46. The zero-order chi connectivity index (χ0) is 14.2. The summed E-state index contributed by atoms with van der Waals surface area (Å²) in [7, 11) is 0. The fourth-order valence-electron chi connectivity index (χ4n) is 1.70. The monoisotopic (exact) mass is 289 g/mol. The minimum Gasteiger partial charge on any atom is -0.320 e. The van der Waals surface area contributed by atoms with Gasteiger partial charge in [0.2, 0.25) is 0 Å². The van der Waals surface area contributed by atoms with Crippen LogP contribution >= 0.6 is 11.6 Å². The molecule has 19 heavy (non-hydrogen) atoms.